The number of hydrogen-bond acceptors (Lipinski definition) is 6. The van der Waals surface area contributed by atoms with Crippen LogP contribution in [0.5, 0.6) is 0 Å². The van der Waals surface area contributed by atoms with Crippen LogP contribution < -0.4 is 39.9 Å². The van der Waals surface area contributed by atoms with E-state index in [2.05, 4.69) is 5.32 Å². The van der Waals surface area contributed by atoms with Crippen molar-refractivity contribution in [3.05, 3.63) is 38.7 Å². The van der Waals surface area contributed by atoms with Gasteiger partial charge in [0.1, 0.15) is 7.85 Å². The number of hydrogen-bond donors (Lipinski definition) is 6. The quantitative estimate of drug-likeness (QED) is 0.354. The van der Waals surface area contributed by atoms with Gasteiger partial charge in [-0.2, -0.15) is 0 Å². The number of fused-ring (bicyclic) bond motifs is 1. The maximum atomic E-state index is 6.37. The van der Waals surface area contributed by atoms with Crippen molar-refractivity contribution >= 4 is 29.8 Å². The van der Waals surface area contributed by atoms with Gasteiger partial charge in [0.05, 0.1) is 0 Å². The van der Waals surface area contributed by atoms with Crippen LogP contribution in [0.2, 0.25) is 0 Å². The molecule has 25 heavy (non-hydrogen) atoms. The summed E-state index contributed by atoms with van der Waals surface area (Å²) in [5, 5.41) is 6.15. The number of nitrogens with two attached hydrogens (primary N) is 6. The van der Waals surface area contributed by atoms with Crippen molar-refractivity contribution in [3.8, 4) is 0 Å². The molecule has 0 aliphatic carbocycles. The molecule has 7 nitrogen and oxygen atoms in total. The van der Waals surface area contributed by atoms with Crippen LogP contribution in [-0.2, 0) is 39.3 Å². The van der Waals surface area contributed by atoms with Crippen LogP contribution >= 0.6 is 0 Å². The van der Waals surface area contributed by atoms with Crippen LogP contribution in [0.4, 0.5) is 5.69 Å². The Morgan fingerprint density at radius 2 is 0.960 bits per heavy atom. The van der Waals surface area contributed by atoms with Crippen LogP contribution in [0.15, 0.2) is 0 Å². The van der Waals surface area contributed by atoms with E-state index in [1.807, 2.05) is 0 Å². The molecular formula is C17H27BN7-. The summed E-state index contributed by atoms with van der Waals surface area (Å²) in [7, 11) is 8.05. The van der Waals surface area contributed by atoms with Gasteiger partial charge in [-0.3, -0.25) is 0 Å². The molecule has 0 aliphatic rings. The van der Waals surface area contributed by atoms with Crippen LogP contribution in [0.25, 0.3) is 16.1 Å². The molecule has 0 atom stereocenters. The third kappa shape index (κ3) is 2.91. The molecule has 0 aromatic heterocycles. The molecule has 2 radical (unpaired) electrons. The third-order valence-corrected chi connectivity index (χ3v) is 4.86. The highest BCUT2D eigenvalue weighted by molar-refractivity contribution is 6.39. The zero-order chi connectivity index (χ0) is 18.7. The minimum Gasteiger partial charge on any atom is -0.687 e. The molecule has 0 heterocycles. The van der Waals surface area contributed by atoms with Crippen molar-refractivity contribution in [2.24, 2.45) is 34.4 Å². The Balaban J connectivity index is 3.27. The highest BCUT2D eigenvalue weighted by Gasteiger charge is 2.22. The summed E-state index contributed by atoms with van der Waals surface area (Å²) in [4.78, 5) is 0. The summed E-state index contributed by atoms with van der Waals surface area (Å²) in [6.07, 6.45) is 0. The lowest BCUT2D eigenvalue weighted by Crippen LogP contribution is -2.24. The molecular weight excluding hydrogens is 313 g/mol. The van der Waals surface area contributed by atoms with Crippen LogP contribution in [0, 0.1) is 0 Å². The first-order chi connectivity index (χ1) is 12.1. The van der Waals surface area contributed by atoms with Crippen molar-refractivity contribution in [3.63, 3.8) is 0 Å². The number of nitrogens with zero attached hydrogens (tertiary/aromatic N) is 1. The Morgan fingerprint density at radius 3 is 1.28 bits per heavy atom. The van der Waals surface area contributed by atoms with Gasteiger partial charge in [-0.05, 0) is 44.2 Å². The molecule has 12 N–H and O–H groups in total. The van der Waals surface area contributed by atoms with Crippen LogP contribution in [0.1, 0.15) is 33.4 Å². The van der Waals surface area contributed by atoms with Crippen molar-refractivity contribution in [2.75, 3.05) is 7.05 Å². The second kappa shape index (κ2) is 8.14. The molecule has 0 aliphatic heterocycles. The van der Waals surface area contributed by atoms with E-state index in [1.165, 1.54) is 0 Å². The van der Waals surface area contributed by atoms with Crippen LogP contribution in [0.3, 0.4) is 0 Å². The monoisotopic (exact) mass is 340 g/mol. The zero-order valence-corrected chi connectivity index (χ0v) is 14.7. The maximum Gasteiger partial charge on any atom is 0.112 e. The highest BCUT2D eigenvalue weighted by Crippen LogP contribution is 2.38. The van der Waals surface area contributed by atoms with Gasteiger partial charge in [-0.25, -0.2) is 0 Å². The average molecular weight is 340 g/mol. The van der Waals surface area contributed by atoms with Crippen molar-refractivity contribution in [1.29, 1.82) is 0 Å². The van der Waals surface area contributed by atoms with Gasteiger partial charge in [0.25, 0.3) is 0 Å². The molecule has 8 heteroatoms. The van der Waals surface area contributed by atoms with Crippen molar-refractivity contribution in [2.45, 2.75) is 39.3 Å². The Morgan fingerprint density at radius 1 is 0.600 bits per heavy atom. The molecule has 2 rings (SSSR count). The molecule has 0 unspecified atom stereocenters. The minimum absolute atomic E-state index is 0.249. The van der Waals surface area contributed by atoms with E-state index in [-0.39, 0.29) is 13.1 Å². The number of rotatable bonds is 7. The smallest absolute Gasteiger partial charge is 0.112 e. The molecule has 0 saturated carbocycles. The fourth-order valence-corrected chi connectivity index (χ4v) is 3.80. The summed E-state index contributed by atoms with van der Waals surface area (Å²) < 4.78 is 0. The van der Waals surface area contributed by atoms with E-state index < -0.39 is 0 Å². The lowest BCUT2D eigenvalue weighted by molar-refractivity contribution is 0.905. The largest absolute Gasteiger partial charge is 0.687 e. The molecule has 0 amide bonds. The second-order valence-corrected chi connectivity index (χ2v) is 5.83. The van der Waals surface area contributed by atoms with Gasteiger partial charge in [0.15, 0.2) is 0 Å². The summed E-state index contributed by atoms with van der Waals surface area (Å²) in [6.45, 7) is 1.72. The van der Waals surface area contributed by atoms with Gasteiger partial charge in [-0.1, -0.05) is 0 Å². The fourth-order valence-electron chi connectivity index (χ4n) is 3.80. The number of benzene rings is 2. The molecule has 0 bridgehead atoms. The topological polar surface area (TPSA) is 170 Å². The third-order valence-electron chi connectivity index (χ3n) is 4.86. The Kier molecular flexibility index (Phi) is 6.39. The van der Waals surface area contributed by atoms with E-state index in [1.54, 1.807) is 7.05 Å². The fraction of sp³-hybridized carbons (Fsp3) is 0.412. The first-order valence-corrected chi connectivity index (χ1v) is 8.28. The second-order valence-electron chi connectivity index (χ2n) is 5.83. The van der Waals surface area contributed by atoms with Crippen LogP contribution in [-0.4, -0.2) is 14.9 Å². The summed E-state index contributed by atoms with van der Waals surface area (Å²) in [5.74, 6) is 0. The van der Waals surface area contributed by atoms with E-state index >= 15 is 0 Å². The molecule has 0 fully saturated rings. The molecule has 2 aromatic rings. The molecule has 134 valence electrons. The van der Waals surface area contributed by atoms with E-state index in [4.69, 9.17) is 42.2 Å². The average Bonchev–Trinajstić information content (AvgIpc) is 2.64. The predicted molar refractivity (Wildman–Crippen MR) is 106 cm³/mol. The lowest BCUT2D eigenvalue weighted by Gasteiger charge is -2.31. The van der Waals surface area contributed by atoms with Gasteiger partial charge >= 0.3 is 0 Å². The lowest BCUT2D eigenvalue weighted by atomic mass is 9.77. The summed E-state index contributed by atoms with van der Waals surface area (Å²) >= 11 is 0. The molecule has 0 saturated heterocycles. The summed E-state index contributed by atoms with van der Waals surface area (Å²) in [6, 6.07) is 0. The summed E-state index contributed by atoms with van der Waals surface area (Å²) in [5.41, 5.74) is 42.7. The molecule has 2 aromatic carbocycles. The van der Waals surface area contributed by atoms with E-state index in [9.17, 15) is 0 Å². The van der Waals surface area contributed by atoms with Gasteiger partial charge in [0.2, 0.25) is 0 Å². The maximum absolute atomic E-state index is 6.37. The van der Waals surface area contributed by atoms with Gasteiger partial charge < -0.3 is 39.7 Å². The van der Waals surface area contributed by atoms with Crippen molar-refractivity contribution in [1.82, 2.24) is 0 Å². The van der Waals surface area contributed by atoms with E-state index in [0.29, 0.717) is 37.3 Å². The van der Waals surface area contributed by atoms with E-state index in [0.717, 1.165) is 44.2 Å². The standard InChI is InChI=1S/C17H27BN7/c1-25-17-13(7-24)15-11(5-22)9(3-20)8(2-19)10(4-21)14(15)12(6-23)16(17)18/h2-7,19-24H2,1H3/q-1. The zero-order valence-electron chi connectivity index (χ0n) is 14.7. The first kappa shape index (κ1) is 19.6. The van der Waals surface area contributed by atoms with Gasteiger partial charge in [0, 0.05) is 39.3 Å². The predicted octanol–water partition coefficient (Wildman–Crippen LogP) is -0.979. The van der Waals surface area contributed by atoms with Gasteiger partial charge in [-0.15, -0.1) is 18.2 Å². The Labute approximate surface area is 149 Å². The Bertz CT molecular complexity index is 789. The SMILES string of the molecule is [B]c1c([N-]C)c(CN)c2c(CN)c(CN)c(CN)c(CN)c2c1CN. The highest BCUT2D eigenvalue weighted by atomic mass is 14.8. The van der Waals surface area contributed by atoms with Crippen molar-refractivity contribution < 1.29 is 0 Å². The molecule has 0 spiro atoms. The Hall–Kier alpha value is -1.68. The first-order valence-electron chi connectivity index (χ1n) is 8.28. The normalized spacial score (nSPS) is 11.3. The minimum atomic E-state index is 0.249.